The summed E-state index contributed by atoms with van der Waals surface area (Å²) in [5.74, 6) is -1.87. The largest absolute Gasteiger partial charge is 0.491 e. The molecule has 0 N–H and O–H groups in total. The van der Waals surface area contributed by atoms with Crippen LogP contribution in [0.4, 0.5) is 0 Å². The average Bonchev–Trinajstić information content (AvgIpc) is 3.36. The number of likely N-dealkylation sites (tertiary alicyclic amines) is 1. The van der Waals surface area contributed by atoms with Gasteiger partial charge in [-0.25, -0.2) is 0 Å². The number of carbonyl (C=O) groups is 3. The van der Waals surface area contributed by atoms with Crippen LogP contribution in [0.2, 0.25) is 0 Å². The third kappa shape index (κ3) is 5.05. The molecular formula is C24H30N2O4S. The van der Waals surface area contributed by atoms with Crippen molar-refractivity contribution in [3.63, 3.8) is 0 Å². The van der Waals surface area contributed by atoms with Crippen molar-refractivity contribution >= 4 is 28.8 Å². The zero-order valence-electron chi connectivity index (χ0n) is 18.5. The number of nitrogens with zero attached hydrogens (tertiary/aromatic N) is 2. The van der Waals surface area contributed by atoms with Gasteiger partial charge >= 0.3 is 0 Å². The van der Waals surface area contributed by atoms with E-state index >= 15 is 0 Å². The van der Waals surface area contributed by atoms with Crippen LogP contribution in [0.1, 0.15) is 49.0 Å². The smallest absolute Gasteiger partial charge is 0.291 e. The van der Waals surface area contributed by atoms with Crippen molar-refractivity contribution in [3.05, 3.63) is 52.2 Å². The second-order valence-corrected chi connectivity index (χ2v) is 8.86. The Labute approximate surface area is 187 Å². The number of benzene rings is 1. The minimum absolute atomic E-state index is 0.0261. The van der Waals surface area contributed by atoms with Crippen molar-refractivity contribution in [3.8, 4) is 5.75 Å². The monoisotopic (exact) mass is 442 g/mol. The Kier molecular flexibility index (Phi) is 7.62. The van der Waals surface area contributed by atoms with E-state index in [-0.39, 0.29) is 11.9 Å². The zero-order chi connectivity index (χ0) is 22.5. The number of Topliss-reactive ketones (excluding diaryl/α,β-unsaturated/α-hetero) is 2. The maximum absolute atomic E-state index is 13.4. The van der Waals surface area contributed by atoms with Gasteiger partial charge in [0.25, 0.3) is 5.91 Å². The molecule has 1 amide bonds. The van der Waals surface area contributed by atoms with Crippen molar-refractivity contribution in [2.24, 2.45) is 5.92 Å². The van der Waals surface area contributed by atoms with Crippen molar-refractivity contribution in [1.82, 2.24) is 9.80 Å². The van der Waals surface area contributed by atoms with Gasteiger partial charge in [-0.3, -0.25) is 14.4 Å². The molecule has 31 heavy (non-hydrogen) atoms. The first-order valence-electron chi connectivity index (χ1n) is 10.8. The standard InChI is InChI=1S/C24H30N2O4S/c1-5-25(6-2)13-14-26-21(19-8-7-15-31-19)20(23(28)24(26)29)22(27)17-9-11-18(12-10-17)30-16(3)4/h7-12,15-16,20-21H,5-6,13-14H2,1-4H3. The van der Waals surface area contributed by atoms with Crippen LogP contribution < -0.4 is 4.74 Å². The van der Waals surface area contributed by atoms with E-state index in [1.165, 1.54) is 11.3 Å². The van der Waals surface area contributed by atoms with E-state index in [4.69, 9.17) is 4.74 Å². The lowest BCUT2D eigenvalue weighted by Gasteiger charge is -2.28. The number of carbonyl (C=O) groups excluding carboxylic acids is 3. The maximum atomic E-state index is 13.4. The summed E-state index contributed by atoms with van der Waals surface area (Å²) in [5, 5.41) is 1.91. The van der Waals surface area contributed by atoms with Crippen LogP contribution in [-0.2, 0) is 9.59 Å². The molecule has 0 radical (unpaired) electrons. The minimum atomic E-state index is -1.03. The first-order chi connectivity index (χ1) is 14.9. The lowest BCUT2D eigenvalue weighted by atomic mass is 9.89. The number of hydrogen-bond donors (Lipinski definition) is 0. The van der Waals surface area contributed by atoms with Gasteiger partial charge in [-0.05, 0) is 62.6 Å². The number of likely N-dealkylation sites (N-methyl/N-ethyl adjacent to an activating group) is 1. The van der Waals surface area contributed by atoms with E-state index in [0.717, 1.165) is 18.0 Å². The average molecular weight is 443 g/mol. The second kappa shape index (κ2) is 10.2. The Morgan fingerprint density at radius 1 is 1.13 bits per heavy atom. The molecule has 1 fully saturated rings. The fraction of sp³-hybridized carbons (Fsp3) is 0.458. The van der Waals surface area contributed by atoms with Crippen LogP contribution in [0.3, 0.4) is 0 Å². The normalized spacial score (nSPS) is 19.0. The Balaban J connectivity index is 1.89. The minimum Gasteiger partial charge on any atom is -0.491 e. The Morgan fingerprint density at radius 2 is 1.81 bits per heavy atom. The van der Waals surface area contributed by atoms with E-state index in [9.17, 15) is 14.4 Å². The molecule has 6 nitrogen and oxygen atoms in total. The predicted octanol–water partition coefficient (Wildman–Crippen LogP) is 3.83. The number of ether oxygens (including phenoxy) is 1. The first-order valence-corrected chi connectivity index (χ1v) is 11.7. The van der Waals surface area contributed by atoms with Gasteiger partial charge in [0.1, 0.15) is 11.7 Å². The van der Waals surface area contributed by atoms with Gasteiger partial charge < -0.3 is 14.5 Å². The quantitative estimate of drug-likeness (QED) is 0.318. The van der Waals surface area contributed by atoms with E-state index in [1.807, 2.05) is 31.4 Å². The number of rotatable bonds is 10. The molecule has 3 rings (SSSR count). The van der Waals surface area contributed by atoms with E-state index in [2.05, 4.69) is 18.7 Å². The summed E-state index contributed by atoms with van der Waals surface area (Å²) in [6.07, 6.45) is 0.0261. The SMILES string of the molecule is CCN(CC)CCN1C(=O)C(=O)C(C(=O)c2ccc(OC(C)C)cc2)C1c1cccs1. The van der Waals surface area contributed by atoms with E-state index in [1.54, 1.807) is 29.2 Å². The molecule has 0 saturated carbocycles. The molecule has 2 unspecified atom stereocenters. The Morgan fingerprint density at radius 3 is 2.35 bits per heavy atom. The Hall–Kier alpha value is -2.51. The third-order valence-electron chi connectivity index (χ3n) is 5.58. The lowest BCUT2D eigenvalue weighted by molar-refractivity contribution is -0.140. The molecule has 1 aromatic carbocycles. The topological polar surface area (TPSA) is 66.9 Å². The molecule has 1 aromatic heterocycles. The van der Waals surface area contributed by atoms with E-state index < -0.39 is 23.7 Å². The van der Waals surface area contributed by atoms with Crippen LogP contribution in [-0.4, -0.2) is 59.6 Å². The van der Waals surface area contributed by atoms with Crippen molar-refractivity contribution in [1.29, 1.82) is 0 Å². The molecular weight excluding hydrogens is 412 g/mol. The number of ketones is 2. The summed E-state index contributed by atoms with van der Waals surface area (Å²) < 4.78 is 5.64. The van der Waals surface area contributed by atoms with Crippen molar-refractivity contribution in [2.75, 3.05) is 26.2 Å². The molecule has 0 aliphatic carbocycles. The van der Waals surface area contributed by atoms with Gasteiger partial charge in [-0.15, -0.1) is 11.3 Å². The molecule has 0 spiro atoms. The summed E-state index contributed by atoms with van der Waals surface area (Å²) in [4.78, 5) is 43.9. The fourth-order valence-electron chi connectivity index (χ4n) is 3.94. The first kappa shape index (κ1) is 23.2. The maximum Gasteiger partial charge on any atom is 0.291 e. The summed E-state index contributed by atoms with van der Waals surface area (Å²) in [6, 6.07) is 10.0. The van der Waals surface area contributed by atoms with Gasteiger partial charge in [0.05, 0.1) is 12.1 Å². The predicted molar refractivity (Wildman–Crippen MR) is 122 cm³/mol. The van der Waals surface area contributed by atoms with Crippen LogP contribution in [0.5, 0.6) is 5.75 Å². The molecule has 0 bridgehead atoms. The highest BCUT2D eigenvalue weighted by Gasteiger charge is 2.51. The van der Waals surface area contributed by atoms with Gasteiger partial charge in [0.15, 0.2) is 5.78 Å². The molecule has 1 saturated heterocycles. The van der Waals surface area contributed by atoms with Crippen LogP contribution in [0, 0.1) is 5.92 Å². The molecule has 2 aromatic rings. The molecule has 1 aliphatic heterocycles. The number of hydrogen-bond acceptors (Lipinski definition) is 6. The summed E-state index contributed by atoms with van der Waals surface area (Å²) >= 11 is 1.47. The molecule has 166 valence electrons. The number of thiophene rings is 1. The van der Waals surface area contributed by atoms with Crippen LogP contribution in [0.25, 0.3) is 0 Å². The Bertz CT molecular complexity index is 904. The van der Waals surface area contributed by atoms with Gasteiger partial charge in [-0.2, -0.15) is 0 Å². The molecule has 7 heteroatoms. The highest BCUT2D eigenvalue weighted by molar-refractivity contribution is 7.10. The molecule has 2 heterocycles. The molecule has 2 atom stereocenters. The second-order valence-electron chi connectivity index (χ2n) is 7.88. The van der Waals surface area contributed by atoms with E-state index in [0.29, 0.717) is 24.4 Å². The zero-order valence-corrected chi connectivity index (χ0v) is 19.4. The highest BCUT2D eigenvalue weighted by Crippen LogP contribution is 2.40. The number of amides is 1. The van der Waals surface area contributed by atoms with Crippen molar-refractivity contribution in [2.45, 2.75) is 39.8 Å². The summed E-state index contributed by atoms with van der Waals surface area (Å²) in [7, 11) is 0. The van der Waals surface area contributed by atoms with Gasteiger partial charge in [0, 0.05) is 23.5 Å². The molecule has 1 aliphatic rings. The summed E-state index contributed by atoms with van der Waals surface area (Å²) in [5.41, 5.74) is 0.411. The summed E-state index contributed by atoms with van der Waals surface area (Å²) in [6.45, 7) is 10.8. The fourth-order valence-corrected chi connectivity index (χ4v) is 4.82. The lowest BCUT2D eigenvalue weighted by Crippen LogP contribution is -2.38. The van der Waals surface area contributed by atoms with Gasteiger partial charge in [-0.1, -0.05) is 19.9 Å². The highest BCUT2D eigenvalue weighted by atomic mass is 32.1. The third-order valence-corrected chi connectivity index (χ3v) is 6.53. The van der Waals surface area contributed by atoms with Gasteiger partial charge in [0.2, 0.25) is 5.78 Å². The van der Waals surface area contributed by atoms with Crippen molar-refractivity contribution < 1.29 is 19.1 Å². The van der Waals surface area contributed by atoms with Crippen LogP contribution >= 0.6 is 11.3 Å². The van der Waals surface area contributed by atoms with Crippen LogP contribution in [0.15, 0.2) is 41.8 Å².